The van der Waals surface area contributed by atoms with Gasteiger partial charge in [0.25, 0.3) is 5.56 Å². The zero-order valence-electron chi connectivity index (χ0n) is 20.8. The van der Waals surface area contributed by atoms with E-state index in [0.29, 0.717) is 0 Å². The smallest absolute Gasteiger partial charge is 0.335 e. The normalized spacial score (nSPS) is 23.4. The molecule has 3 rings (SSSR count). The molecule has 9 nitrogen and oxygen atoms in total. The first-order valence-electron chi connectivity index (χ1n) is 11.4. The Labute approximate surface area is 201 Å². The minimum atomic E-state index is -2.23. The van der Waals surface area contributed by atoms with Crippen molar-refractivity contribution in [3.63, 3.8) is 0 Å². The highest BCUT2D eigenvalue weighted by atomic mass is 28.4. The Bertz CT molecular complexity index is 1060. The molecule has 0 spiro atoms. The van der Waals surface area contributed by atoms with Crippen LogP contribution in [0.1, 0.15) is 32.6 Å². The summed E-state index contributed by atoms with van der Waals surface area (Å²) in [5.74, 6) is 0. The van der Waals surface area contributed by atoms with Crippen LogP contribution >= 0.6 is 0 Å². The fourth-order valence-corrected chi connectivity index (χ4v) is 4.98. The summed E-state index contributed by atoms with van der Waals surface area (Å²) in [6.45, 7) is 10.4. The lowest BCUT2D eigenvalue weighted by Gasteiger charge is -2.40. The molecule has 4 atom stereocenters. The largest absolute Gasteiger partial charge is 0.408 e. The average Bonchev–Trinajstić information content (AvgIpc) is 3.12. The number of aliphatic hydroxyl groups is 1. The first-order chi connectivity index (χ1) is 16.0. The number of rotatable bonds is 9. The third kappa shape index (κ3) is 5.59. The summed E-state index contributed by atoms with van der Waals surface area (Å²) >= 11 is 0. The summed E-state index contributed by atoms with van der Waals surface area (Å²) in [6.07, 6.45) is -1.38. The van der Waals surface area contributed by atoms with Gasteiger partial charge in [-0.1, -0.05) is 51.1 Å². The van der Waals surface area contributed by atoms with E-state index in [1.807, 2.05) is 30.3 Å². The number of ether oxygens (including phenoxy) is 3. The van der Waals surface area contributed by atoms with E-state index in [9.17, 15) is 14.7 Å². The maximum Gasteiger partial charge on any atom is 0.335 e. The van der Waals surface area contributed by atoms with Gasteiger partial charge in [0.2, 0.25) is 0 Å². The molecular formula is C24H36N2O7Si. The number of methoxy groups -OCH3 is 1. The fourth-order valence-electron chi connectivity index (χ4n) is 3.66. The minimum absolute atomic E-state index is 0.0659. The molecule has 1 fully saturated rings. The van der Waals surface area contributed by atoms with E-state index in [-0.39, 0.29) is 25.0 Å². The molecule has 2 unspecified atom stereocenters. The van der Waals surface area contributed by atoms with E-state index >= 15 is 0 Å². The number of benzene rings is 1. The molecule has 0 saturated carbocycles. The van der Waals surface area contributed by atoms with Crippen molar-refractivity contribution in [1.29, 1.82) is 0 Å². The van der Waals surface area contributed by atoms with E-state index in [0.717, 1.165) is 10.1 Å². The molecule has 2 heterocycles. The molecule has 2 aromatic rings. The number of aliphatic hydroxyl groups excluding tert-OH is 1. The third-order valence-electron chi connectivity index (χ3n) is 6.68. The topological polar surface area (TPSA) is 101 Å². The lowest BCUT2D eigenvalue weighted by atomic mass is 10.1. The van der Waals surface area contributed by atoms with Gasteiger partial charge in [-0.15, -0.1) is 0 Å². The van der Waals surface area contributed by atoms with Crippen LogP contribution < -0.4 is 11.2 Å². The van der Waals surface area contributed by atoms with Crippen LogP contribution in [0.2, 0.25) is 18.1 Å². The zero-order valence-corrected chi connectivity index (χ0v) is 21.8. The minimum Gasteiger partial charge on any atom is -0.408 e. The van der Waals surface area contributed by atoms with Crippen LogP contribution in [0.25, 0.3) is 0 Å². The quantitative estimate of drug-likeness (QED) is 0.537. The van der Waals surface area contributed by atoms with E-state index < -0.39 is 44.1 Å². The van der Waals surface area contributed by atoms with Crippen LogP contribution in [0.4, 0.5) is 0 Å². The van der Waals surface area contributed by atoms with Crippen molar-refractivity contribution in [3.8, 4) is 0 Å². The summed E-state index contributed by atoms with van der Waals surface area (Å²) in [7, 11) is -0.713. The molecule has 0 radical (unpaired) electrons. The maximum atomic E-state index is 13.2. The molecule has 1 aromatic carbocycles. The van der Waals surface area contributed by atoms with Crippen molar-refractivity contribution in [2.75, 3.05) is 13.7 Å². The number of hydrogen-bond donors (Lipinski definition) is 1. The first kappa shape index (κ1) is 26.5. The van der Waals surface area contributed by atoms with Crippen molar-refractivity contribution < 1.29 is 23.7 Å². The van der Waals surface area contributed by atoms with Gasteiger partial charge in [-0.05, 0) is 23.7 Å². The van der Waals surface area contributed by atoms with Gasteiger partial charge in [0, 0.05) is 19.4 Å². The Morgan fingerprint density at radius 1 is 1.09 bits per heavy atom. The van der Waals surface area contributed by atoms with Gasteiger partial charge in [-0.3, -0.25) is 9.36 Å². The number of hydrogen-bond acceptors (Lipinski definition) is 7. The van der Waals surface area contributed by atoms with Gasteiger partial charge in [0.1, 0.15) is 25.0 Å². The SMILES string of the molecule is COC1C(O[Si](C)(C)C(C)(C)C)[C@@H](CO)O[C@H]1n1ccc(=O)n(COCc2ccccc2)c1=O. The van der Waals surface area contributed by atoms with Crippen molar-refractivity contribution in [1.82, 2.24) is 9.13 Å². The Morgan fingerprint density at radius 2 is 1.76 bits per heavy atom. The van der Waals surface area contributed by atoms with Crippen LogP contribution in [0.5, 0.6) is 0 Å². The molecular weight excluding hydrogens is 456 g/mol. The van der Waals surface area contributed by atoms with Gasteiger partial charge in [-0.25, -0.2) is 9.36 Å². The summed E-state index contributed by atoms with van der Waals surface area (Å²) in [5.41, 5.74) is -0.131. The van der Waals surface area contributed by atoms with E-state index in [4.69, 9.17) is 18.6 Å². The van der Waals surface area contributed by atoms with Crippen molar-refractivity contribution in [3.05, 3.63) is 69.0 Å². The second kappa shape index (κ2) is 10.7. The lowest BCUT2D eigenvalue weighted by Crippen LogP contribution is -2.50. The maximum absolute atomic E-state index is 13.2. The average molecular weight is 493 g/mol. The molecule has 0 aliphatic carbocycles. The molecule has 188 valence electrons. The number of aromatic nitrogens is 2. The molecule has 1 N–H and O–H groups in total. The number of nitrogens with zero attached hydrogens (tertiary/aromatic N) is 2. The highest BCUT2D eigenvalue weighted by Gasteiger charge is 2.51. The Balaban J connectivity index is 1.86. The first-order valence-corrected chi connectivity index (χ1v) is 14.3. The summed E-state index contributed by atoms with van der Waals surface area (Å²) in [6, 6.07) is 10.8. The van der Waals surface area contributed by atoms with Crippen LogP contribution in [-0.4, -0.2) is 54.6 Å². The standard InChI is InChI=1S/C24H36N2O7Si/c1-24(2,3)34(5,6)33-20-18(14-27)32-22(21(20)30-4)25-13-12-19(28)26(23(25)29)16-31-15-17-10-8-7-9-11-17/h7-13,18,20-22,27H,14-16H2,1-6H3/t18-,20?,21?,22-/m1/s1. The van der Waals surface area contributed by atoms with Crippen molar-refractivity contribution in [2.24, 2.45) is 0 Å². The molecule has 1 aliphatic rings. The van der Waals surface area contributed by atoms with Gasteiger partial charge in [0.05, 0.1) is 13.2 Å². The van der Waals surface area contributed by atoms with E-state index in [2.05, 4.69) is 33.9 Å². The Hall–Kier alpha value is -2.08. The molecule has 1 aromatic heterocycles. The van der Waals surface area contributed by atoms with E-state index in [1.165, 1.54) is 23.9 Å². The molecule has 0 bridgehead atoms. The molecule has 1 aliphatic heterocycles. The fraction of sp³-hybridized carbons (Fsp3) is 0.583. The van der Waals surface area contributed by atoms with Crippen LogP contribution in [0.3, 0.4) is 0 Å². The van der Waals surface area contributed by atoms with Crippen molar-refractivity contribution >= 4 is 8.32 Å². The molecule has 10 heteroatoms. The van der Waals surface area contributed by atoms with Gasteiger partial charge < -0.3 is 23.7 Å². The molecule has 1 saturated heterocycles. The summed E-state index contributed by atoms with van der Waals surface area (Å²) < 4.78 is 26.3. The van der Waals surface area contributed by atoms with Crippen molar-refractivity contribution in [2.45, 2.75) is 76.8 Å². The van der Waals surface area contributed by atoms with Gasteiger partial charge >= 0.3 is 5.69 Å². The molecule has 0 amide bonds. The Kier molecular flexibility index (Phi) is 8.33. The van der Waals surface area contributed by atoms with Crippen LogP contribution in [-0.2, 0) is 32.0 Å². The Morgan fingerprint density at radius 3 is 2.35 bits per heavy atom. The van der Waals surface area contributed by atoms with Crippen LogP contribution in [0.15, 0.2) is 52.2 Å². The lowest BCUT2D eigenvalue weighted by molar-refractivity contribution is -0.0641. The molecule has 34 heavy (non-hydrogen) atoms. The zero-order chi connectivity index (χ0) is 25.1. The summed E-state index contributed by atoms with van der Waals surface area (Å²) in [5, 5.41) is 9.93. The highest BCUT2D eigenvalue weighted by Crippen LogP contribution is 2.41. The van der Waals surface area contributed by atoms with Gasteiger partial charge in [0.15, 0.2) is 14.5 Å². The second-order valence-corrected chi connectivity index (χ2v) is 14.8. The predicted octanol–water partition coefficient (Wildman–Crippen LogP) is 2.48. The van der Waals surface area contributed by atoms with E-state index in [1.54, 1.807) is 0 Å². The third-order valence-corrected chi connectivity index (χ3v) is 11.1. The second-order valence-electron chi connectivity index (χ2n) is 10.0. The predicted molar refractivity (Wildman–Crippen MR) is 130 cm³/mol. The summed E-state index contributed by atoms with van der Waals surface area (Å²) in [4.78, 5) is 25.7. The highest BCUT2D eigenvalue weighted by molar-refractivity contribution is 6.74. The van der Waals surface area contributed by atoms with Crippen LogP contribution in [0, 0.1) is 0 Å². The monoisotopic (exact) mass is 492 g/mol. The van der Waals surface area contributed by atoms with Gasteiger partial charge in [-0.2, -0.15) is 0 Å².